The average Bonchev–Trinajstić information content (AvgIpc) is 2.86. The molecule has 28 heavy (non-hydrogen) atoms. The van der Waals surface area contributed by atoms with Crippen LogP contribution < -0.4 is 11.1 Å². The molecular formula is C22H33N3O3. The molecule has 0 unspecified atom stereocenters. The van der Waals surface area contributed by atoms with Gasteiger partial charge in [0.25, 0.3) is 0 Å². The smallest absolute Gasteiger partial charge is 0.224 e. The van der Waals surface area contributed by atoms with Crippen molar-refractivity contribution in [3.8, 4) is 0 Å². The molecule has 1 aromatic heterocycles. The summed E-state index contributed by atoms with van der Waals surface area (Å²) in [5.41, 5.74) is 8.94. The molecule has 0 spiro atoms. The lowest BCUT2D eigenvalue weighted by atomic mass is 9.75. The van der Waals surface area contributed by atoms with E-state index < -0.39 is 5.91 Å². The lowest BCUT2D eigenvalue weighted by Crippen LogP contribution is -2.31. The second-order valence-electron chi connectivity index (χ2n) is 9.23. The SMILES string of the molecule is Cc1c(CC(=O)NCCC(N)=O)c2c(n1C1CCCCC1)CC(C)(C)CC2=O. The lowest BCUT2D eigenvalue weighted by molar-refractivity contribution is -0.120. The number of carbonyl (C=O) groups is 3. The molecular weight excluding hydrogens is 354 g/mol. The maximum Gasteiger partial charge on any atom is 0.224 e. The molecule has 1 saturated carbocycles. The molecule has 0 radical (unpaired) electrons. The number of nitrogens with one attached hydrogen (secondary N) is 1. The van der Waals surface area contributed by atoms with Crippen LogP contribution in [0.1, 0.15) is 92.1 Å². The van der Waals surface area contributed by atoms with Crippen molar-refractivity contribution in [2.75, 3.05) is 6.54 Å². The van der Waals surface area contributed by atoms with Crippen LogP contribution in [0.25, 0.3) is 0 Å². The van der Waals surface area contributed by atoms with Gasteiger partial charge in [0.1, 0.15) is 0 Å². The predicted molar refractivity (Wildman–Crippen MR) is 108 cm³/mol. The zero-order valence-electron chi connectivity index (χ0n) is 17.4. The van der Waals surface area contributed by atoms with Crippen LogP contribution in [0, 0.1) is 12.3 Å². The lowest BCUT2D eigenvalue weighted by Gasteiger charge is -2.33. The molecule has 1 fully saturated rings. The number of hydrogen-bond acceptors (Lipinski definition) is 3. The van der Waals surface area contributed by atoms with Gasteiger partial charge in [-0.2, -0.15) is 0 Å². The molecule has 1 aromatic rings. The fourth-order valence-corrected chi connectivity index (χ4v) is 4.96. The van der Waals surface area contributed by atoms with Gasteiger partial charge in [0, 0.05) is 42.4 Å². The molecule has 1 heterocycles. The topological polar surface area (TPSA) is 94.2 Å². The number of carbonyl (C=O) groups excluding carboxylic acids is 3. The van der Waals surface area contributed by atoms with Crippen molar-refractivity contribution in [3.05, 3.63) is 22.5 Å². The number of Topliss-reactive ketones (excluding diaryl/α,β-unsaturated/α-hetero) is 1. The third kappa shape index (κ3) is 4.31. The van der Waals surface area contributed by atoms with Gasteiger partial charge in [0.05, 0.1) is 6.42 Å². The van der Waals surface area contributed by atoms with Crippen molar-refractivity contribution in [2.24, 2.45) is 11.1 Å². The van der Waals surface area contributed by atoms with Gasteiger partial charge >= 0.3 is 0 Å². The molecule has 0 bridgehead atoms. The molecule has 3 N–H and O–H groups in total. The van der Waals surface area contributed by atoms with Crippen molar-refractivity contribution in [2.45, 2.75) is 84.6 Å². The van der Waals surface area contributed by atoms with Crippen molar-refractivity contribution >= 4 is 17.6 Å². The van der Waals surface area contributed by atoms with Gasteiger partial charge in [-0.05, 0) is 37.2 Å². The highest BCUT2D eigenvalue weighted by molar-refractivity contribution is 6.01. The standard InChI is InChI=1S/C22H33N3O3/c1-14-16(11-20(28)24-10-9-19(23)27)21-17(12-22(2,3)13-18(21)26)25(14)15-7-5-4-6-8-15/h15H,4-13H2,1-3H3,(H2,23,27)(H,24,28). The van der Waals surface area contributed by atoms with E-state index in [4.69, 9.17) is 5.73 Å². The Kier molecular flexibility index (Phi) is 5.96. The molecule has 0 aliphatic heterocycles. The van der Waals surface area contributed by atoms with Crippen LogP contribution in [-0.2, 0) is 22.4 Å². The summed E-state index contributed by atoms with van der Waals surface area (Å²) < 4.78 is 2.39. The number of aromatic nitrogens is 1. The molecule has 0 atom stereocenters. The second kappa shape index (κ2) is 8.10. The van der Waals surface area contributed by atoms with Crippen LogP contribution in [-0.4, -0.2) is 28.7 Å². The number of nitrogens with two attached hydrogens (primary N) is 1. The number of fused-ring (bicyclic) bond motifs is 1. The number of primary amides is 1. The first-order valence-electron chi connectivity index (χ1n) is 10.5. The minimum absolute atomic E-state index is 0.0533. The van der Waals surface area contributed by atoms with E-state index in [1.807, 2.05) is 0 Å². The summed E-state index contributed by atoms with van der Waals surface area (Å²) in [6, 6.07) is 0.427. The Labute approximate surface area is 167 Å². The highest BCUT2D eigenvalue weighted by atomic mass is 16.2. The van der Waals surface area contributed by atoms with Gasteiger partial charge in [-0.15, -0.1) is 0 Å². The highest BCUT2D eigenvalue weighted by Gasteiger charge is 2.38. The van der Waals surface area contributed by atoms with Gasteiger partial charge < -0.3 is 15.6 Å². The Morgan fingerprint density at radius 1 is 1.18 bits per heavy atom. The average molecular weight is 388 g/mol. The van der Waals surface area contributed by atoms with Crippen LogP contribution in [0.5, 0.6) is 0 Å². The summed E-state index contributed by atoms with van der Waals surface area (Å²) in [5, 5.41) is 2.76. The molecule has 6 nitrogen and oxygen atoms in total. The number of hydrogen-bond donors (Lipinski definition) is 2. The molecule has 2 aliphatic rings. The molecule has 2 amide bonds. The van der Waals surface area contributed by atoms with Gasteiger partial charge in [0.15, 0.2) is 5.78 Å². The number of ketones is 1. The first-order chi connectivity index (χ1) is 13.2. The van der Waals surface area contributed by atoms with Crippen molar-refractivity contribution < 1.29 is 14.4 Å². The van der Waals surface area contributed by atoms with Crippen LogP contribution in [0.4, 0.5) is 0 Å². The van der Waals surface area contributed by atoms with Crippen molar-refractivity contribution in [1.29, 1.82) is 0 Å². The van der Waals surface area contributed by atoms with E-state index >= 15 is 0 Å². The molecule has 6 heteroatoms. The minimum atomic E-state index is -0.435. The summed E-state index contributed by atoms with van der Waals surface area (Å²) in [7, 11) is 0. The van der Waals surface area contributed by atoms with E-state index in [1.165, 1.54) is 19.3 Å². The van der Waals surface area contributed by atoms with Crippen LogP contribution >= 0.6 is 0 Å². The first-order valence-corrected chi connectivity index (χ1v) is 10.5. The zero-order chi connectivity index (χ0) is 20.5. The number of nitrogens with zero attached hydrogens (tertiary/aromatic N) is 1. The van der Waals surface area contributed by atoms with Crippen LogP contribution in [0.15, 0.2) is 0 Å². The number of amides is 2. The first kappa shape index (κ1) is 20.6. The Morgan fingerprint density at radius 3 is 2.50 bits per heavy atom. The Hall–Kier alpha value is -2.11. The van der Waals surface area contributed by atoms with Gasteiger partial charge in [-0.3, -0.25) is 14.4 Å². The third-order valence-corrected chi connectivity index (χ3v) is 6.21. The molecule has 0 saturated heterocycles. The Bertz CT molecular complexity index is 785. The van der Waals surface area contributed by atoms with Gasteiger partial charge in [-0.1, -0.05) is 33.1 Å². The van der Waals surface area contributed by atoms with E-state index in [1.54, 1.807) is 0 Å². The third-order valence-electron chi connectivity index (χ3n) is 6.21. The van der Waals surface area contributed by atoms with Crippen LogP contribution in [0.2, 0.25) is 0 Å². The summed E-state index contributed by atoms with van der Waals surface area (Å²) in [6.07, 6.45) is 7.69. The molecule has 154 valence electrons. The van der Waals surface area contributed by atoms with E-state index in [-0.39, 0.29) is 36.5 Å². The van der Waals surface area contributed by atoms with Crippen molar-refractivity contribution in [1.82, 2.24) is 9.88 Å². The Balaban J connectivity index is 1.94. The minimum Gasteiger partial charge on any atom is -0.370 e. The normalized spacial score (nSPS) is 19.3. The summed E-state index contributed by atoms with van der Waals surface area (Å²) in [6.45, 7) is 6.59. The molecule has 3 rings (SSSR count). The number of rotatable bonds is 6. The molecule has 0 aromatic carbocycles. The van der Waals surface area contributed by atoms with E-state index in [2.05, 4.69) is 30.7 Å². The largest absolute Gasteiger partial charge is 0.370 e. The quantitative estimate of drug-likeness (QED) is 0.786. The summed E-state index contributed by atoms with van der Waals surface area (Å²) >= 11 is 0. The summed E-state index contributed by atoms with van der Waals surface area (Å²) in [4.78, 5) is 36.4. The Morgan fingerprint density at radius 2 is 1.86 bits per heavy atom. The van der Waals surface area contributed by atoms with E-state index in [0.29, 0.717) is 12.5 Å². The second-order valence-corrected chi connectivity index (χ2v) is 9.23. The van der Waals surface area contributed by atoms with Crippen molar-refractivity contribution in [3.63, 3.8) is 0 Å². The highest BCUT2D eigenvalue weighted by Crippen LogP contribution is 2.42. The maximum absolute atomic E-state index is 13.0. The fourth-order valence-electron chi connectivity index (χ4n) is 4.96. The van der Waals surface area contributed by atoms with E-state index in [9.17, 15) is 14.4 Å². The summed E-state index contributed by atoms with van der Waals surface area (Å²) in [5.74, 6) is -0.441. The van der Waals surface area contributed by atoms with Crippen LogP contribution in [0.3, 0.4) is 0 Å². The fraction of sp³-hybridized carbons (Fsp3) is 0.682. The van der Waals surface area contributed by atoms with Gasteiger partial charge in [-0.25, -0.2) is 0 Å². The molecule has 2 aliphatic carbocycles. The van der Waals surface area contributed by atoms with E-state index in [0.717, 1.165) is 41.8 Å². The predicted octanol–water partition coefficient (Wildman–Crippen LogP) is 2.99. The zero-order valence-corrected chi connectivity index (χ0v) is 17.4. The van der Waals surface area contributed by atoms with Gasteiger partial charge in [0.2, 0.25) is 11.8 Å². The maximum atomic E-state index is 13.0. The monoisotopic (exact) mass is 387 g/mol.